The number of nitrogens with zero attached hydrogens (tertiary/aromatic N) is 2. The average Bonchev–Trinajstić information content (AvgIpc) is 2.99. The van der Waals surface area contributed by atoms with Gasteiger partial charge in [-0.25, -0.2) is 21.1 Å². The Morgan fingerprint density at radius 2 is 1.27 bits per heavy atom. The minimum atomic E-state index is -3.82. The Balaban J connectivity index is 1.35. The average molecular weight is 594 g/mol. The molecule has 0 atom stereocenters. The van der Waals surface area contributed by atoms with Crippen LogP contribution in [0.15, 0.2) is 119 Å². The molecule has 0 aliphatic rings. The first kappa shape index (κ1) is 29.8. The number of hydrogen-bond donors (Lipinski definition) is 1. The van der Waals surface area contributed by atoms with E-state index in [9.17, 15) is 21.6 Å². The summed E-state index contributed by atoms with van der Waals surface area (Å²) in [7, 11) is -4.41. The van der Waals surface area contributed by atoms with Gasteiger partial charge in [-0.05, 0) is 66.2 Å². The number of anilines is 1. The molecule has 0 saturated heterocycles. The molecule has 0 fully saturated rings. The summed E-state index contributed by atoms with van der Waals surface area (Å²) in [6.45, 7) is 0.508. The van der Waals surface area contributed by atoms with Crippen molar-refractivity contribution < 1.29 is 26.4 Å². The summed E-state index contributed by atoms with van der Waals surface area (Å²) in [6, 6.07) is 29.9. The minimum absolute atomic E-state index is 0.0889. The zero-order valence-corrected chi connectivity index (χ0v) is 24.3. The first-order valence-corrected chi connectivity index (χ1v) is 15.6. The van der Waals surface area contributed by atoms with Crippen LogP contribution in [-0.4, -0.2) is 54.3 Å². The van der Waals surface area contributed by atoms with Crippen LogP contribution < -0.4 is 14.4 Å². The molecule has 0 heterocycles. The lowest BCUT2D eigenvalue weighted by Crippen LogP contribution is -2.30. The van der Waals surface area contributed by atoms with E-state index in [1.807, 2.05) is 6.07 Å². The maximum absolute atomic E-state index is 13.5. The number of carbonyl (C=O) groups is 1. The fraction of sp³-hybridized carbons (Fsp3) is 0.167. The van der Waals surface area contributed by atoms with Crippen LogP contribution in [0.5, 0.6) is 5.75 Å². The number of hydrogen-bond acceptors (Lipinski definition) is 6. The van der Waals surface area contributed by atoms with E-state index in [-0.39, 0.29) is 35.4 Å². The van der Waals surface area contributed by atoms with Gasteiger partial charge in [-0.3, -0.25) is 9.10 Å². The summed E-state index contributed by atoms with van der Waals surface area (Å²) < 4.78 is 59.4. The molecule has 0 aliphatic heterocycles. The highest BCUT2D eigenvalue weighted by Gasteiger charge is 2.25. The van der Waals surface area contributed by atoms with E-state index in [1.165, 1.54) is 30.5 Å². The van der Waals surface area contributed by atoms with Gasteiger partial charge in [0.1, 0.15) is 12.4 Å². The number of benzene rings is 4. The van der Waals surface area contributed by atoms with Gasteiger partial charge in [-0.15, -0.1) is 0 Å². The van der Waals surface area contributed by atoms with Crippen LogP contribution in [0.4, 0.5) is 5.69 Å². The maximum Gasteiger partial charge on any atom is 0.264 e. The third-order valence-electron chi connectivity index (χ3n) is 6.18. The van der Waals surface area contributed by atoms with Crippen molar-refractivity contribution in [1.29, 1.82) is 0 Å². The first-order chi connectivity index (χ1) is 19.6. The van der Waals surface area contributed by atoms with Crippen molar-refractivity contribution in [2.24, 2.45) is 0 Å². The molecule has 9 nitrogen and oxygen atoms in total. The molecule has 4 aromatic rings. The van der Waals surface area contributed by atoms with Crippen LogP contribution in [0.3, 0.4) is 0 Å². The summed E-state index contributed by atoms with van der Waals surface area (Å²) in [5.74, 6) is 0.180. The van der Waals surface area contributed by atoms with Crippen LogP contribution in [0.25, 0.3) is 0 Å². The van der Waals surface area contributed by atoms with Crippen LogP contribution in [0, 0.1) is 0 Å². The number of para-hydroxylation sites is 1. The lowest BCUT2D eigenvalue weighted by atomic mass is 10.1. The van der Waals surface area contributed by atoms with E-state index in [2.05, 4.69) is 5.32 Å². The highest BCUT2D eigenvalue weighted by atomic mass is 32.2. The van der Waals surface area contributed by atoms with Gasteiger partial charge < -0.3 is 10.1 Å². The second-order valence-electron chi connectivity index (χ2n) is 9.22. The zero-order chi connectivity index (χ0) is 29.5. The van der Waals surface area contributed by atoms with Crippen LogP contribution in [0.2, 0.25) is 0 Å². The second kappa shape index (κ2) is 13.0. The van der Waals surface area contributed by atoms with Crippen molar-refractivity contribution in [3.63, 3.8) is 0 Å². The highest BCUT2D eigenvalue weighted by Crippen LogP contribution is 2.26. The molecule has 11 heteroatoms. The lowest BCUT2D eigenvalue weighted by molar-refractivity contribution is 0.0947. The molecule has 1 amide bonds. The molecule has 41 heavy (non-hydrogen) atoms. The van der Waals surface area contributed by atoms with E-state index >= 15 is 0 Å². The van der Waals surface area contributed by atoms with Crippen molar-refractivity contribution in [2.75, 3.05) is 31.6 Å². The van der Waals surface area contributed by atoms with Gasteiger partial charge >= 0.3 is 0 Å². The lowest BCUT2D eigenvalue weighted by Gasteiger charge is -2.25. The van der Waals surface area contributed by atoms with Gasteiger partial charge in [-0.1, -0.05) is 48.5 Å². The smallest absolute Gasteiger partial charge is 0.264 e. The summed E-state index contributed by atoms with van der Waals surface area (Å²) in [5, 5.41) is 2.78. The summed E-state index contributed by atoms with van der Waals surface area (Å²) >= 11 is 0. The van der Waals surface area contributed by atoms with Gasteiger partial charge in [0.15, 0.2) is 0 Å². The molecular weight excluding hydrogens is 562 g/mol. The van der Waals surface area contributed by atoms with Gasteiger partial charge in [0.2, 0.25) is 10.0 Å². The quantitative estimate of drug-likeness (QED) is 0.247. The van der Waals surface area contributed by atoms with Gasteiger partial charge in [0, 0.05) is 19.7 Å². The number of carbonyl (C=O) groups excluding carboxylic acids is 1. The number of rotatable bonds is 12. The Labute approximate surface area is 241 Å². The number of sulfonamides is 2. The van der Waals surface area contributed by atoms with Crippen molar-refractivity contribution in [1.82, 2.24) is 9.62 Å². The van der Waals surface area contributed by atoms with E-state index in [4.69, 9.17) is 4.74 Å². The van der Waals surface area contributed by atoms with Crippen molar-refractivity contribution in [2.45, 2.75) is 16.3 Å². The Hall–Kier alpha value is -4.19. The number of amides is 1. The number of nitrogens with one attached hydrogen (secondary N) is 1. The molecule has 1 N–H and O–H groups in total. The SMILES string of the molecule is CN(C)S(=O)(=O)c1ccc(OCCNC(=O)c2ccc(CN(c3ccccc3)S(=O)(=O)c3ccccc3)cc2)cc1. The monoisotopic (exact) mass is 593 g/mol. The predicted octanol–water partition coefficient (Wildman–Crippen LogP) is 4.14. The Morgan fingerprint density at radius 3 is 1.85 bits per heavy atom. The van der Waals surface area contributed by atoms with Crippen LogP contribution in [-0.2, 0) is 26.6 Å². The van der Waals surface area contributed by atoms with Crippen molar-refractivity contribution >= 4 is 31.6 Å². The molecule has 0 bridgehead atoms. The fourth-order valence-electron chi connectivity index (χ4n) is 3.91. The Morgan fingerprint density at radius 1 is 0.707 bits per heavy atom. The second-order valence-corrected chi connectivity index (χ2v) is 13.2. The van der Waals surface area contributed by atoms with Crippen LogP contribution >= 0.6 is 0 Å². The van der Waals surface area contributed by atoms with Crippen molar-refractivity contribution in [3.8, 4) is 5.75 Å². The van der Waals surface area contributed by atoms with Crippen LogP contribution in [0.1, 0.15) is 15.9 Å². The minimum Gasteiger partial charge on any atom is -0.492 e. The predicted molar refractivity (Wildman–Crippen MR) is 158 cm³/mol. The molecular formula is C30H31N3O6S2. The van der Waals surface area contributed by atoms with Gasteiger partial charge in [0.25, 0.3) is 15.9 Å². The topological polar surface area (TPSA) is 113 Å². The normalized spacial score (nSPS) is 11.7. The Kier molecular flexibility index (Phi) is 9.43. The van der Waals surface area contributed by atoms with Gasteiger partial charge in [0.05, 0.1) is 28.6 Å². The molecule has 0 saturated carbocycles. The van der Waals surface area contributed by atoms with E-state index in [0.29, 0.717) is 22.6 Å². The molecule has 4 rings (SSSR count). The maximum atomic E-state index is 13.5. The fourth-order valence-corrected chi connectivity index (χ4v) is 6.29. The number of ether oxygens (including phenoxy) is 1. The third kappa shape index (κ3) is 7.31. The highest BCUT2D eigenvalue weighted by molar-refractivity contribution is 7.92. The van der Waals surface area contributed by atoms with Gasteiger partial charge in [-0.2, -0.15) is 0 Å². The third-order valence-corrected chi connectivity index (χ3v) is 9.79. The Bertz CT molecular complexity index is 1660. The summed E-state index contributed by atoms with van der Waals surface area (Å²) in [5.41, 5.74) is 1.67. The first-order valence-electron chi connectivity index (χ1n) is 12.7. The van der Waals surface area contributed by atoms with E-state index in [1.54, 1.807) is 91.0 Å². The molecule has 0 radical (unpaired) electrons. The standard InChI is InChI=1S/C30H31N3O6S2/c1-32(2)40(35,36)29-19-17-27(18-20-29)39-22-21-31-30(34)25-15-13-24(14-16-25)23-33(26-9-5-3-6-10-26)41(37,38)28-11-7-4-8-12-28/h3-20H,21-23H2,1-2H3,(H,31,34). The van der Waals surface area contributed by atoms with Crippen molar-refractivity contribution in [3.05, 3.63) is 120 Å². The summed E-state index contributed by atoms with van der Waals surface area (Å²) in [4.78, 5) is 13.0. The molecule has 0 aliphatic carbocycles. The molecule has 0 aromatic heterocycles. The summed E-state index contributed by atoms with van der Waals surface area (Å²) in [6.07, 6.45) is 0. The largest absolute Gasteiger partial charge is 0.492 e. The molecule has 4 aromatic carbocycles. The molecule has 0 unspecified atom stereocenters. The molecule has 0 spiro atoms. The van der Waals surface area contributed by atoms with E-state index in [0.717, 1.165) is 4.31 Å². The zero-order valence-electron chi connectivity index (χ0n) is 22.7. The molecule has 214 valence electrons. The van der Waals surface area contributed by atoms with E-state index < -0.39 is 20.0 Å².